The molecule has 0 N–H and O–H groups in total. The quantitative estimate of drug-likeness (QED) is 0.131. The number of nitriles is 2. The fourth-order valence-electron chi connectivity index (χ4n) is 3.13. The van der Waals surface area contributed by atoms with Crippen molar-refractivity contribution in [3.05, 3.63) is 136 Å². The molecule has 0 fully saturated rings. The highest BCUT2D eigenvalue weighted by molar-refractivity contribution is 5.99. The van der Waals surface area contributed by atoms with Crippen molar-refractivity contribution in [2.24, 2.45) is 10.2 Å². The maximum absolute atomic E-state index is 11.8. The molecule has 0 aliphatic carbocycles. The monoisotopic (exact) mass is 498 g/mol. The minimum atomic E-state index is -0.403. The van der Waals surface area contributed by atoms with E-state index in [9.17, 15) is 4.79 Å². The number of esters is 1. The van der Waals surface area contributed by atoms with Crippen LogP contribution in [0.2, 0.25) is 0 Å². The van der Waals surface area contributed by atoms with Gasteiger partial charge < -0.3 is 4.74 Å². The molecule has 186 valence electrons. The number of hydrogen-bond donors (Lipinski definition) is 0. The molecule has 0 saturated carbocycles. The lowest BCUT2D eigenvalue weighted by Gasteiger charge is -2.04. The van der Waals surface area contributed by atoms with Crippen molar-refractivity contribution < 1.29 is 9.53 Å². The van der Waals surface area contributed by atoms with Crippen molar-refractivity contribution in [2.45, 2.75) is 20.8 Å². The SMILES string of the molecule is C/C(=N/N=C\c1ccc(C)cc1)c1ccc(C#N)cc1.Cc1ccc(C(=O)Oc2ccc(C#N)cc2)cc1. The maximum atomic E-state index is 11.8. The highest BCUT2D eigenvalue weighted by Crippen LogP contribution is 2.14. The molecule has 0 unspecified atom stereocenters. The first-order chi connectivity index (χ1) is 18.4. The van der Waals surface area contributed by atoms with Crippen molar-refractivity contribution in [1.29, 1.82) is 10.5 Å². The Labute approximate surface area is 222 Å². The first-order valence-corrected chi connectivity index (χ1v) is 11.8. The molecular formula is C32H26N4O2. The van der Waals surface area contributed by atoms with Crippen molar-refractivity contribution >= 4 is 17.9 Å². The number of benzene rings is 4. The Morgan fingerprint density at radius 3 is 1.71 bits per heavy atom. The molecule has 4 aromatic rings. The Morgan fingerprint density at radius 1 is 0.711 bits per heavy atom. The van der Waals surface area contributed by atoms with Gasteiger partial charge in [-0.3, -0.25) is 0 Å². The number of ether oxygens (including phenoxy) is 1. The third-order valence-electron chi connectivity index (χ3n) is 5.40. The molecule has 0 amide bonds. The zero-order chi connectivity index (χ0) is 27.3. The van der Waals surface area contributed by atoms with Crippen molar-refractivity contribution in [3.63, 3.8) is 0 Å². The lowest BCUT2D eigenvalue weighted by Crippen LogP contribution is -2.08. The molecule has 0 heterocycles. The molecule has 6 heteroatoms. The summed E-state index contributed by atoms with van der Waals surface area (Å²) >= 11 is 0. The minimum absolute atomic E-state index is 0.403. The average molecular weight is 499 g/mol. The summed E-state index contributed by atoms with van der Waals surface area (Å²) in [5.41, 5.74) is 6.79. The Kier molecular flexibility index (Phi) is 9.81. The summed E-state index contributed by atoms with van der Waals surface area (Å²) in [6.07, 6.45) is 1.73. The summed E-state index contributed by atoms with van der Waals surface area (Å²) in [5.74, 6) is 0.0271. The summed E-state index contributed by atoms with van der Waals surface area (Å²) in [6, 6.07) is 33.1. The Balaban J connectivity index is 0.000000212. The second-order valence-electron chi connectivity index (χ2n) is 8.42. The number of nitrogens with zero attached hydrogens (tertiary/aromatic N) is 4. The lowest BCUT2D eigenvalue weighted by molar-refractivity contribution is 0.0734. The predicted octanol–water partition coefficient (Wildman–Crippen LogP) is 6.80. The third-order valence-corrected chi connectivity index (χ3v) is 5.40. The van der Waals surface area contributed by atoms with Crippen LogP contribution in [-0.4, -0.2) is 17.9 Å². The normalized spacial score (nSPS) is 10.6. The molecule has 6 nitrogen and oxygen atoms in total. The van der Waals surface area contributed by atoms with Gasteiger partial charge in [0.25, 0.3) is 0 Å². The summed E-state index contributed by atoms with van der Waals surface area (Å²) < 4.78 is 5.19. The van der Waals surface area contributed by atoms with E-state index in [1.165, 1.54) is 5.56 Å². The van der Waals surface area contributed by atoms with Crippen LogP contribution in [0.4, 0.5) is 0 Å². The number of carbonyl (C=O) groups excluding carboxylic acids is 1. The van der Waals surface area contributed by atoms with Crippen LogP contribution in [0.3, 0.4) is 0 Å². The zero-order valence-electron chi connectivity index (χ0n) is 21.4. The van der Waals surface area contributed by atoms with E-state index in [-0.39, 0.29) is 0 Å². The number of aryl methyl sites for hydroxylation is 2. The van der Waals surface area contributed by atoms with Crippen LogP contribution in [0.15, 0.2) is 107 Å². The summed E-state index contributed by atoms with van der Waals surface area (Å²) in [7, 11) is 0. The third kappa shape index (κ3) is 8.41. The van der Waals surface area contributed by atoms with E-state index in [1.54, 1.807) is 54.7 Å². The fraction of sp³-hybridized carbons (Fsp3) is 0.0938. The van der Waals surface area contributed by atoms with Crippen molar-refractivity contribution in [1.82, 2.24) is 0 Å². The van der Waals surface area contributed by atoms with E-state index >= 15 is 0 Å². The Bertz CT molecular complexity index is 1500. The maximum Gasteiger partial charge on any atom is 0.343 e. The standard InChI is InChI=1S/C17H15N3.C15H11NO2/c1-13-3-5-16(6-4-13)12-19-20-14(2)17-9-7-15(11-18)8-10-17;1-11-2-6-13(7-3-11)15(17)18-14-8-4-12(10-16)5-9-14/h3-10,12H,1-2H3;2-9H,1H3/b19-12-,20-14-;. The van der Waals surface area contributed by atoms with Crippen LogP contribution in [-0.2, 0) is 0 Å². The van der Waals surface area contributed by atoms with Gasteiger partial charge in [-0.1, -0.05) is 59.7 Å². The molecule has 0 aromatic heterocycles. The van der Waals surface area contributed by atoms with Gasteiger partial charge in [0.2, 0.25) is 0 Å². The molecule has 4 rings (SSSR count). The first kappa shape index (κ1) is 27.3. The van der Waals surface area contributed by atoms with Crippen LogP contribution >= 0.6 is 0 Å². The number of carbonyl (C=O) groups is 1. The molecule has 0 atom stereocenters. The lowest BCUT2D eigenvalue weighted by atomic mass is 10.1. The highest BCUT2D eigenvalue weighted by atomic mass is 16.5. The number of rotatable bonds is 5. The smallest absolute Gasteiger partial charge is 0.343 e. The molecule has 0 aliphatic rings. The van der Waals surface area contributed by atoms with Gasteiger partial charge in [-0.2, -0.15) is 20.7 Å². The molecule has 0 saturated heterocycles. The topological polar surface area (TPSA) is 98.6 Å². The van der Waals surface area contributed by atoms with Crippen LogP contribution in [0.5, 0.6) is 5.75 Å². The second-order valence-corrected chi connectivity index (χ2v) is 8.42. The van der Waals surface area contributed by atoms with Gasteiger partial charge >= 0.3 is 5.97 Å². The molecule has 0 bridgehead atoms. The Morgan fingerprint density at radius 2 is 1.18 bits per heavy atom. The summed E-state index contributed by atoms with van der Waals surface area (Å²) in [5, 5.41) is 25.7. The van der Waals surface area contributed by atoms with Gasteiger partial charge in [-0.15, -0.1) is 0 Å². The van der Waals surface area contributed by atoms with E-state index in [0.717, 1.165) is 22.4 Å². The second kappa shape index (κ2) is 13.7. The minimum Gasteiger partial charge on any atom is -0.423 e. The van der Waals surface area contributed by atoms with E-state index in [0.29, 0.717) is 22.4 Å². The van der Waals surface area contributed by atoms with Crippen LogP contribution in [0.1, 0.15) is 50.7 Å². The van der Waals surface area contributed by atoms with Crippen molar-refractivity contribution in [2.75, 3.05) is 0 Å². The van der Waals surface area contributed by atoms with Gasteiger partial charge in [0.1, 0.15) is 5.75 Å². The zero-order valence-corrected chi connectivity index (χ0v) is 21.4. The summed E-state index contributed by atoms with van der Waals surface area (Å²) in [6.45, 7) is 5.90. The molecular weight excluding hydrogens is 472 g/mol. The van der Waals surface area contributed by atoms with E-state index in [2.05, 4.69) is 16.3 Å². The van der Waals surface area contributed by atoms with Crippen molar-refractivity contribution in [3.8, 4) is 17.9 Å². The predicted molar refractivity (Wildman–Crippen MR) is 149 cm³/mol. The molecule has 0 radical (unpaired) electrons. The molecule has 38 heavy (non-hydrogen) atoms. The molecule has 4 aromatic carbocycles. The Hall–Kier alpha value is -5.33. The van der Waals surface area contributed by atoms with Gasteiger partial charge in [-0.05, 0) is 80.4 Å². The van der Waals surface area contributed by atoms with Gasteiger partial charge in [0.15, 0.2) is 0 Å². The van der Waals surface area contributed by atoms with Crippen LogP contribution < -0.4 is 4.74 Å². The van der Waals surface area contributed by atoms with E-state index < -0.39 is 5.97 Å². The average Bonchev–Trinajstić information content (AvgIpc) is 2.95. The van der Waals surface area contributed by atoms with Gasteiger partial charge in [0, 0.05) is 0 Å². The highest BCUT2D eigenvalue weighted by Gasteiger charge is 2.07. The molecule has 0 spiro atoms. The van der Waals surface area contributed by atoms with E-state index in [1.807, 2.05) is 75.4 Å². The largest absolute Gasteiger partial charge is 0.423 e. The van der Waals surface area contributed by atoms with Gasteiger partial charge in [-0.25, -0.2) is 4.79 Å². The first-order valence-electron chi connectivity index (χ1n) is 11.8. The number of hydrogen-bond acceptors (Lipinski definition) is 6. The van der Waals surface area contributed by atoms with Crippen LogP contribution in [0, 0.1) is 36.5 Å². The van der Waals surface area contributed by atoms with Gasteiger partial charge in [0.05, 0.1) is 40.8 Å². The fourth-order valence-corrected chi connectivity index (χ4v) is 3.13. The van der Waals surface area contributed by atoms with E-state index in [4.69, 9.17) is 15.3 Å². The molecule has 0 aliphatic heterocycles. The summed E-state index contributed by atoms with van der Waals surface area (Å²) in [4.78, 5) is 11.8. The van der Waals surface area contributed by atoms with Crippen LogP contribution in [0.25, 0.3) is 0 Å².